The second kappa shape index (κ2) is 8.81. The molecule has 0 saturated carbocycles. The lowest BCUT2D eigenvalue weighted by Gasteiger charge is -2.13. The Morgan fingerprint density at radius 2 is 1.61 bits per heavy atom. The number of hydrogen-bond acceptors (Lipinski definition) is 6. The van der Waals surface area contributed by atoms with E-state index in [-0.39, 0.29) is 19.8 Å². The molecule has 9 heteroatoms. The van der Waals surface area contributed by atoms with Gasteiger partial charge in [-0.3, -0.25) is 19.2 Å². The van der Waals surface area contributed by atoms with Crippen LogP contribution in [0.4, 0.5) is 0 Å². The second-order valence-electron chi connectivity index (χ2n) is 5.92. The number of esters is 1. The molecule has 1 aliphatic heterocycles. The molecule has 0 saturated heterocycles. The Balaban J connectivity index is 1.50. The Morgan fingerprint density at radius 1 is 1.00 bits per heavy atom. The van der Waals surface area contributed by atoms with E-state index in [0.717, 1.165) is 16.2 Å². The standard InChI is InChI=1S/C19H16N4O5/c20-22-21-12-27-17(24)10-9-13-5-7-14(8-6-13)11-28-23-18(25)15-3-1-2-4-16(15)19(23)26/h1-8H,9-12H2. The highest BCUT2D eigenvalue weighted by molar-refractivity contribution is 6.20. The number of carbonyl (C=O) groups excluding carboxylic acids is 3. The van der Waals surface area contributed by atoms with E-state index in [1.54, 1.807) is 36.4 Å². The molecule has 3 rings (SSSR count). The first-order chi connectivity index (χ1) is 13.6. The van der Waals surface area contributed by atoms with Crippen molar-refractivity contribution >= 4 is 17.8 Å². The zero-order valence-electron chi connectivity index (χ0n) is 14.8. The first kappa shape index (κ1) is 19.1. The Hall–Kier alpha value is -3.68. The quantitative estimate of drug-likeness (QED) is 0.229. The van der Waals surface area contributed by atoms with Crippen molar-refractivity contribution in [2.45, 2.75) is 19.4 Å². The average Bonchev–Trinajstić information content (AvgIpc) is 2.96. The van der Waals surface area contributed by atoms with Crippen molar-refractivity contribution in [3.63, 3.8) is 0 Å². The lowest BCUT2D eigenvalue weighted by molar-refractivity contribution is -0.143. The van der Waals surface area contributed by atoms with Gasteiger partial charge in [-0.05, 0) is 35.2 Å². The van der Waals surface area contributed by atoms with Crippen molar-refractivity contribution in [2.75, 3.05) is 6.73 Å². The highest BCUT2D eigenvalue weighted by atomic mass is 16.7. The minimum absolute atomic E-state index is 0.0555. The highest BCUT2D eigenvalue weighted by Gasteiger charge is 2.36. The molecule has 0 N–H and O–H groups in total. The number of aryl methyl sites for hydroxylation is 1. The summed E-state index contributed by atoms with van der Waals surface area (Å²) < 4.78 is 4.72. The van der Waals surface area contributed by atoms with E-state index in [9.17, 15) is 14.4 Å². The topological polar surface area (TPSA) is 122 Å². The number of nitrogens with zero attached hydrogens (tertiary/aromatic N) is 4. The van der Waals surface area contributed by atoms with Crippen LogP contribution in [0.3, 0.4) is 0 Å². The fourth-order valence-corrected chi connectivity index (χ4v) is 2.67. The van der Waals surface area contributed by atoms with Crippen molar-refractivity contribution in [1.82, 2.24) is 5.06 Å². The maximum absolute atomic E-state index is 12.2. The number of azide groups is 1. The maximum atomic E-state index is 12.2. The predicted molar refractivity (Wildman–Crippen MR) is 96.6 cm³/mol. The van der Waals surface area contributed by atoms with Gasteiger partial charge in [0.05, 0.1) is 11.1 Å². The summed E-state index contributed by atoms with van der Waals surface area (Å²) in [5.74, 6) is -1.40. The fourth-order valence-electron chi connectivity index (χ4n) is 2.67. The lowest BCUT2D eigenvalue weighted by atomic mass is 10.1. The second-order valence-corrected chi connectivity index (χ2v) is 5.92. The Labute approximate surface area is 160 Å². The normalized spacial score (nSPS) is 12.5. The smallest absolute Gasteiger partial charge is 0.306 e. The van der Waals surface area contributed by atoms with Gasteiger partial charge in [-0.25, -0.2) is 0 Å². The van der Waals surface area contributed by atoms with Crippen molar-refractivity contribution < 1.29 is 24.0 Å². The number of rotatable bonds is 8. The summed E-state index contributed by atoms with van der Waals surface area (Å²) in [6.45, 7) is -0.261. The number of ether oxygens (including phenoxy) is 1. The first-order valence-corrected chi connectivity index (χ1v) is 8.45. The predicted octanol–water partition coefficient (Wildman–Crippen LogP) is 3.16. The van der Waals surface area contributed by atoms with Crippen LogP contribution in [0.25, 0.3) is 10.4 Å². The molecule has 1 heterocycles. The molecule has 0 atom stereocenters. The van der Waals surface area contributed by atoms with E-state index in [1.165, 1.54) is 0 Å². The Bertz CT molecular complexity index is 916. The SMILES string of the molecule is [N-]=[N+]=NCOC(=O)CCc1ccc(CON2C(=O)c3ccccc3C2=O)cc1. The molecule has 2 aromatic carbocycles. The average molecular weight is 380 g/mol. The summed E-state index contributed by atoms with van der Waals surface area (Å²) in [4.78, 5) is 43.8. The van der Waals surface area contributed by atoms with Gasteiger partial charge in [-0.15, -0.1) is 5.06 Å². The van der Waals surface area contributed by atoms with Crippen LogP contribution in [0.2, 0.25) is 0 Å². The Morgan fingerprint density at radius 3 is 2.21 bits per heavy atom. The molecule has 0 unspecified atom stereocenters. The van der Waals surface area contributed by atoms with Crippen molar-refractivity contribution in [1.29, 1.82) is 0 Å². The van der Waals surface area contributed by atoms with E-state index in [0.29, 0.717) is 17.5 Å². The summed E-state index contributed by atoms with van der Waals surface area (Å²) in [6, 6.07) is 13.8. The molecular formula is C19H16N4O5. The van der Waals surface area contributed by atoms with Crippen LogP contribution in [0, 0.1) is 0 Å². The number of imide groups is 1. The minimum atomic E-state index is -0.475. The van der Waals surface area contributed by atoms with E-state index in [2.05, 4.69) is 10.0 Å². The van der Waals surface area contributed by atoms with Crippen LogP contribution in [-0.4, -0.2) is 29.6 Å². The molecule has 28 heavy (non-hydrogen) atoms. The number of hydroxylamine groups is 2. The summed E-state index contributed by atoms with van der Waals surface area (Å²) in [6.07, 6.45) is 0.625. The molecule has 0 radical (unpaired) electrons. The van der Waals surface area contributed by atoms with Gasteiger partial charge >= 0.3 is 5.97 Å². The van der Waals surface area contributed by atoms with Crippen LogP contribution in [-0.2, 0) is 27.4 Å². The van der Waals surface area contributed by atoms with E-state index in [4.69, 9.17) is 15.1 Å². The van der Waals surface area contributed by atoms with E-state index >= 15 is 0 Å². The number of carbonyl (C=O) groups is 3. The van der Waals surface area contributed by atoms with Gasteiger partial charge in [0, 0.05) is 11.3 Å². The first-order valence-electron chi connectivity index (χ1n) is 8.45. The molecule has 9 nitrogen and oxygen atoms in total. The van der Waals surface area contributed by atoms with Crippen LogP contribution in [0.15, 0.2) is 53.6 Å². The molecule has 0 bridgehead atoms. The minimum Gasteiger partial charge on any atom is -0.460 e. The number of amides is 2. The van der Waals surface area contributed by atoms with Crippen LogP contribution >= 0.6 is 0 Å². The molecule has 0 fully saturated rings. The summed E-state index contributed by atoms with van der Waals surface area (Å²) in [5, 5.41) is 3.90. The molecule has 0 aliphatic carbocycles. The summed E-state index contributed by atoms with van der Waals surface area (Å²) in [7, 11) is 0. The molecular weight excluding hydrogens is 364 g/mol. The zero-order valence-corrected chi connectivity index (χ0v) is 14.8. The monoisotopic (exact) mass is 380 g/mol. The van der Waals surface area contributed by atoms with Gasteiger partial charge in [0.1, 0.15) is 6.61 Å². The third-order valence-corrected chi connectivity index (χ3v) is 4.10. The molecule has 1 aliphatic rings. The van der Waals surface area contributed by atoms with Crippen LogP contribution in [0.1, 0.15) is 38.3 Å². The molecule has 0 aromatic heterocycles. The highest BCUT2D eigenvalue weighted by Crippen LogP contribution is 2.23. The van der Waals surface area contributed by atoms with Gasteiger partial charge in [0.15, 0.2) is 6.73 Å². The molecule has 0 spiro atoms. The van der Waals surface area contributed by atoms with Crippen LogP contribution < -0.4 is 0 Å². The van der Waals surface area contributed by atoms with Crippen LogP contribution in [0.5, 0.6) is 0 Å². The fraction of sp³-hybridized carbons (Fsp3) is 0.211. The lowest BCUT2D eigenvalue weighted by Crippen LogP contribution is -2.29. The number of hydrogen-bond donors (Lipinski definition) is 0. The molecule has 2 aromatic rings. The van der Waals surface area contributed by atoms with E-state index in [1.807, 2.05) is 12.1 Å². The maximum Gasteiger partial charge on any atom is 0.306 e. The van der Waals surface area contributed by atoms with Crippen molar-refractivity contribution in [3.8, 4) is 0 Å². The molecule has 2 amide bonds. The van der Waals surface area contributed by atoms with Gasteiger partial charge < -0.3 is 4.74 Å². The number of fused-ring (bicyclic) bond motifs is 1. The van der Waals surface area contributed by atoms with Gasteiger partial charge in [-0.2, -0.15) is 0 Å². The van der Waals surface area contributed by atoms with Crippen molar-refractivity contribution in [2.24, 2.45) is 5.11 Å². The third-order valence-electron chi connectivity index (χ3n) is 4.10. The van der Waals surface area contributed by atoms with Gasteiger partial charge in [-0.1, -0.05) is 41.5 Å². The van der Waals surface area contributed by atoms with Gasteiger partial charge in [0.25, 0.3) is 11.8 Å². The summed E-state index contributed by atoms with van der Waals surface area (Å²) >= 11 is 0. The number of benzene rings is 2. The van der Waals surface area contributed by atoms with E-state index < -0.39 is 17.8 Å². The molecule has 142 valence electrons. The largest absolute Gasteiger partial charge is 0.460 e. The third kappa shape index (κ3) is 4.35. The zero-order chi connectivity index (χ0) is 19.9. The Kier molecular flexibility index (Phi) is 6.01. The van der Waals surface area contributed by atoms with Crippen molar-refractivity contribution in [3.05, 3.63) is 81.2 Å². The van der Waals surface area contributed by atoms with Gasteiger partial charge in [0.2, 0.25) is 0 Å². The summed E-state index contributed by atoms with van der Waals surface area (Å²) in [5.41, 5.74) is 10.5.